The van der Waals surface area contributed by atoms with Gasteiger partial charge in [-0.25, -0.2) is 8.42 Å². The SMILES string of the molecule is O=S(=O)(c1ccccc1)N1CCCC2CCCCC21. The lowest BCUT2D eigenvalue weighted by molar-refractivity contribution is 0.129. The summed E-state index contributed by atoms with van der Waals surface area (Å²) in [5.74, 6) is 0.584. The molecule has 0 aromatic heterocycles. The Morgan fingerprint density at radius 1 is 0.947 bits per heavy atom. The van der Waals surface area contributed by atoms with E-state index >= 15 is 0 Å². The highest BCUT2D eigenvalue weighted by Gasteiger charge is 2.39. The molecule has 2 fully saturated rings. The van der Waals surface area contributed by atoms with Gasteiger partial charge in [0.05, 0.1) is 4.90 Å². The molecule has 4 heteroatoms. The van der Waals surface area contributed by atoms with Gasteiger partial charge in [-0.1, -0.05) is 31.0 Å². The molecule has 19 heavy (non-hydrogen) atoms. The Morgan fingerprint density at radius 2 is 1.63 bits per heavy atom. The van der Waals surface area contributed by atoms with Crippen LogP contribution in [0.4, 0.5) is 0 Å². The molecule has 1 aliphatic carbocycles. The van der Waals surface area contributed by atoms with Gasteiger partial charge in [0.25, 0.3) is 0 Å². The first kappa shape index (κ1) is 13.1. The number of benzene rings is 1. The van der Waals surface area contributed by atoms with Gasteiger partial charge in [0, 0.05) is 12.6 Å². The summed E-state index contributed by atoms with van der Waals surface area (Å²) in [6, 6.07) is 9.12. The smallest absolute Gasteiger partial charge is 0.207 e. The van der Waals surface area contributed by atoms with Crippen molar-refractivity contribution in [2.24, 2.45) is 5.92 Å². The second-order valence-electron chi connectivity index (χ2n) is 5.68. The van der Waals surface area contributed by atoms with Gasteiger partial charge in [-0.15, -0.1) is 0 Å². The van der Waals surface area contributed by atoms with Crippen LogP contribution in [0.5, 0.6) is 0 Å². The predicted molar refractivity (Wildman–Crippen MR) is 75.3 cm³/mol. The van der Waals surface area contributed by atoms with Gasteiger partial charge in [0.2, 0.25) is 10.0 Å². The zero-order valence-corrected chi connectivity index (χ0v) is 12.0. The maximum Gasteiger partial charge on any atom is 0.243 e. The molecule has 0 N–H and O–H groups in total. The molecule has 104 valence electrons. The third kappa shape index (κ3) is 2.43. The molecule has 3 rings (SSSR count). The van der Waals surface area contributed by atoms with Gasteiger partial charge in [-0.2, -0.15) is 4.31 Å². The maximum absolute atomic E-state index is 12.8. The standard InChI is InChI=1S/C15H21NO2S/c17-19(18,14-9-2-1-3-10-14)16-12-6-8-13-7-4-5-11-15(13)16/h1-3,9-10,13,15H,4-8,11-12H2. The summed E-state index contributed by atoms with van der Waals surface area (Å²) in [6.45, 7) is 0.693. The second kappa shape index (κ2) is 5.25. The van der Waals surface area contributed by atoms with Crippen molar-refractivity contribution < 1.29 is 8.42 Å². The largest absolute Gasteiger partial charge is 0.243 e. The third-order valence-electron chi connectivity index (χ3n) is 4.54. The van der Waals surface area contributed by atoms with Gasteiger partial charge in [-0.05, 0) is 43.7 Å². The van der Waals surface area contributed by atoms with Crippen LogP contribution in [0, 0.1) is 5.92 Å². The minimum atomic E-state index is -3.30. The lowest BCUT2D eigenvalue weighted by Crippen LogP contribution is -2.49. The van der Waals surface area contributed by atoms with Crippen LogP contribution in [0.3, 0.4) is 0 Å². The molecule has 1 heterocycles. The molecule has 2 unspecified atom stereocenters. The number of piperidine rings is 1. The Bertz CT molecular complexity index is 524. The van der Waals surface area contributed by atoms with Crippen LogP contribution in [-0.4, -0.2) is 25.3 Å². The van der Waals surface area contributed by atoms with Crippen molar-refractivity contribution in [3.8, 4) is 0 Å². The first-order chi connectivity index (χ1) is 9.19. The predicted octanol–water partition coefficient (Wildman–Crippen LogP) is 3.03. The van der Waals surface area contributed by atoms with Crippen molar-refractivity contribution in [1.29, 1.82) is 0 Å². The minimum Gasteiger partial charge on any atom is -0.207 e. The highest BCUT2D eigenvalue weighted by atomic mass is 32.2. The molecule has 2 atom stereocenters. The number of fused-ring (bicyclic) bond motifs is 1. The van der Waals surface area contributed by atoms with E-state index < -0.39 is 10.0 Å². The molecule has 1 saturated carbocycles. The molecule has 3 nitrogen and oxygen atoms in total. The molecular weight excluding hydrogens is 258 g/mol. The zero-order valence-electron chi connectivity index (χ0n) is 11.2. The number of rotatable bonds is 2. The highest BCUT2D eigenvalue weighted by Crippen LogP contribution is 2.37. The average molecular weight is 279 g/mol. The maximum atomic E-state index is 12.8. The van der Waals surface area contributed by atoms with Crippen LogP contribution < -0.4 is 0 Å². The molecule has 1 aliphatic heterocycles. The molecule has 2 aliphatic rings. The van der Waals surface area contributed by atoms with E-state index in [9.17, 15) is 8.42 Å². The Kier molecular flexibility index (Phi) is 3.63. The van der Waals surface area contributed by atoms with Crippen LogP contribution >= 0.6 is 0 Å². The number of hydrogen-bond acceptors (Lipinski definition) is 2. The van der Waals surface area contributed by atoms with E-state index in [4.69, 9.17) is 0 Å². The monoisotopic (exact) mass is 279 g/mol. The lowest BCUT2D eigenvalue weighted by Gasteiger charge is -2.43. The fraction of sp³-hybridized carbons (Fsp3) is 0.600. The summed E-state index contributed by atoms with van der Waals surface area (Å²) in [6.07, 6.45) is 6.88. The van der Waals surface area contributed by atoms with E-state index in [-0.39, 0.29) is 6.04 Å². The van der Waals surface area contributed by atoms with Crippen molar-refractivity contribution in [3.05, 3.63) is 30.3 Å². The van der Waals surface area contributed by atoms with Crippen molar-refractivity contribution in [2.45, 2.75) is 49.5 Å². The summed E-state index contributed by atoms with van der Waals surface area (Å²) in [5, 5.41) is 0. The fourth-order valence-electron chi connectivity index (χ4n) is 3.61. The molecule has 1 saturated heterocycles. The van der Waals surface area contributed by atoms with Crippen molar-refractivity contribution in [3.63, 3.8) is 0 Å². The first-order valence-corrected chi connectivity index (χ1v) is 8.70. The molecular formula is C15H21NO2S. The Hall–Kier alpha value is -0.870. The van der Waals surface area contributed by atoms with E-state index in [2.05, 4.69) is 0 Å². The summed E-state index contributed by atoms with van der Waals surface area (Å²) in [7, 11) is -3.30. The van der Waals surface area contributed by atoms with Crippen LogP contribution in [-0.2, 0) is 10.0 Å². The molecule has 0 radical (unpaired) electrons. The molecule has 1 aromatic carbocycles. The molecule has 0 amide bonds. The van der Waals surface area contributed by atoms with Crippen molar-refractivity contribution in [2.75, 3.05) is 6.54 Å². The highest BCUT2D eigenvalue weighted by molar-refractivity contribution is 7.89. The normalized spacial score (nSPS) is 28.8. The summed E-state index contributed by atoms with van der Waals surface area (Å²) in [5.41, 5.74) is 0. The van der Waals surface area contributed by atoms with E-state index in [0.717, 1.165) is 12.8 Å². The van der Waals surface area contributed by atoms with Crippen LogP contribution in [0.25, 0.3) is 0 Å². The molecule has 1 aromatic rings. The third-order valence-corrected chi connectivity index (χ3v) is 6.48. The van der Waals surface area contributed by atoms with Crippen molar-refractivity contribution in [1.82, 2.24) is 4.31 Å². The Morgan fingerprint density at radius 3 is 2.42 bits per heavy atom. The molecule has 0 spiro atoms. The minimum absolute atomic E-state index is 0.243. The van der Waals surface area contributed by atoms with E-state index in [0.29, 0.717) is 17.4 Å². The zero-order chi connectivity index (χ0) is 13.3. The summed E-state index contributed by atoms with van der Waals surface area (Å²) in [4.78, 5) is 0.446. The average Bonchev–Trinajstić information content (AvgIpc) is 2.47. The summed E-state index contributed by atoms with van der Waals surface area (Å²) < 4.78 is 27.3. The number of sulfonamides is 1. The van der Waals surface area contributed by atoms with Gasteiger partial charge < -0.3 is 0 Å². The Balaban J connectivity index is 1.91. The Labute approximate surface area is 115 Å². The van der Waals surface area contributed by atoms with Gasteiger partial charge in [-0.3, -0.25) is 0 Å². The van der Waals surface area contributed by atoms with Gasteiger partial charge >= 0.3 is 0 Å². The second-order valence-corrected chi connectivity index (χ2v) is 7.57. The topological polar surface area (TPSA) is 37.4 Å². The lowest BCUT2D eigenvalue weighted by atomic mass is 9.79. The quantitative estimate of drug-likeness (QED) is 0.834. The fourth-order valence-corrected chi connectivity index (χ4v) is 5.38. The van der Waals surface area contributed by atoms with Crippen LogP contribution in [0.2, 0.25) is 0 Å². The summed E-state index contributed by atoms with van der Waals surface area (Å²) >= 11 is 0. The van der Waals surface area contributed by atoms with Gasteiger partial charge in [0.15, 0.2) is 0 Å². The van der Waals surface area contributed by atoms with E-state index in [1.54, 1.807) is 28.6 Å². The molecule has 0 bridgehead atoms. The van der Waals surface area contributed by atoms with Crippen LogP contribution in [0.1, 0.15) is 38.5 Å². The van der Waals surface area contributed by atoms with Gasteiger partial charge in [0.1, 0.15) is 0 Å². The number of hydrogen-bond donors (Lipinski definition) is 0. The van der Waals surface area contributed by atoms with E-state index in [1.165, 1.54) is 25.7 Å². The number of nitrogens with zero attached hydrogens (tertiary/aromatic N) is 1. The van der Waals surface area contributed by atoms with Crippen LogP contribution in [0.15, 0.2) is 35.2 Å². The van der Waals surface area contributed by atoms with Crippen molar-refractivity contribution >= 4 is 10.0 Å². The van der Waals surface area contributed by atoms with E-state index in [1.807, 2.05) is 6.07 Å². The first-order valence-electron chi connectivity index (χ1n) is 7.26.